The molecule has 3 N–H and O–H groups in total. The molecule has 3 aromatic heterocycles. The maximum Gasteiger partial charge on any atom is 0.173 e. The third-order valence-electron chi connectivity index (χ3n) is 4.87. The second kappa shape index (κ2) is 7.92. The van der Waals surface area contributed by atoms with Crippen molar-refractivity contribution in [1.82, 2.24) is 13.8 Å². The molecule has 0 spiro atoms. The molecule has 4 aromatic rings. The maximum atomic E-state index is 14.8. The van der Waals surface area contributed by atoms with Gasteiger partial charge in [0.2, 0.25) is 0 Å². The molecule has 4 heterocycles. The molecule has 1 fully saturated rings. The molecule has 1 aliphatic heterocycles. The van der Waals surface area contributed by atoms with Gasteiger partial charge in [-0.15, -0.1) is 0 Å². The lowest BCUT2D eigenvalue weighted by atomic mass is 10.2. The molecule has 0 aliphatic carbocycles. The highest BCUT2D eigenvalue weighted by Crippen LogP contribution is 2.35. The Morgan fingerprint density at radius 2 is 1.83 bits per heavy atom. The first-order valence-corrected chi connectivity index (χ1v) is 10.2. The standard InChI is InChI=1S/C19H17F2N5S.CH5N/c1-11-9-26-10-12(6-15(21)19(26)22-11)23-18-17-14(20)7-13(8-16(17)27-24-18)25-4-2-3-5-25;1-2/h6-10H,2-5H2,1H3,(H,23,24);2H2,1H3. The number of nitrogens with two attached hydrogens (primary N) is 1. The summed E-state index contributed by atoms with van der Waals surface area (Å²) in [5.41, 5.74) is 6.88. The van der Waals surface area contributed by atoms with Crippen molar-refractivity contribution < 1.29 is 8.78 Å². The third kappa shape index (κ3) is 3.63. The van der Waals surface area contributed by atoms with Crippen LogP contribution in [0.4, 0.5) is 26.0 Å². The Kier molecular flexibility index (Phi) is 5.33. The van der Waals surface area contributed by atoms with Crippen LogP contribution >= 0.6 is 11.5 Å². The van der Waals surface area contributed by atoms with Gasteiger partial charge >= 0.3 is 0 Å². The number of halogens is 2. The summed E-state index contributed by atoms with van der Waals surface area (Å²) in [6.45, 7) is 3.72. The monoisotopic (exact) mass is 416 g/mol. The van der Waals surface area contributed by atoms with Crippen molar-refractivity contribution in [3.05, 3.63) is 47.9 Å². The Morgan fingerprint density at radius 1 is 1.07 bits per heavy atom. The van der Waals surface area contributed by atoms with Gasteiger partial charge in [-0.1, -0.05) is 0 Å². The molecule has 29 heavy (non-hydrogen) atoms. The molecule has 0 amide bonds. The average molecular weight is 417 g/mol. The van der Waals surface area contributed by atoms with E-state index in [9.17, 15) is 8.78 Å². The van der Waals surface area contributed by atoms with Crippen molar-refractivity contribution in [3.8, 4) is 0 Å². The highest BCUT2D eigenvalue weighted by Gasteiger charge is 2.18. The second-order valence-electron chi connectivity index (χ2n) is 6.84. The van der Waals surface area contributed by atoms with Gasteiger partial charge in [-0.3, -0.25) is 0 Å². The highest BCUT2D eigenvalue weighted by atomic mass is 32.1. The van der Waals surface area contributed by atoms with E-state index >= 15 is 0 Å². The lowest BCUT2D eigenvalue weighted by Gasteiger charge is -2.17. The van der Waals surface area contributed by atoms with Crippen molar-refractivity contribution in [2.45, 2.75) is 19.8 Å². The maximum absolute atomic E-state index is 14.8. The lowest BCUT2D eigenvalue weighted by molar-refractivity contribution is 0.630. The fourth-order valence-electron chi connectivity index (χ4n) is 3.64. The zero-order valence-electron chi connectivity index (χ0n) is 16.2. The van der Waals surface area contributed by atoms with Gasteiger partial charge in [-0.2, -0.15) is 4.37 Å². The Morgan fingerprint density at radius 3 is 2.59 bits per heavy atom. The third-order valence-corrected chi connectivity index (χ3v) is 5.66. The van der Waals surface area contributed by atoms with Crippen LogP contribution in [0.3, 0.4) is 0 Å². The van der Waals surface area contributed by atoms with E-state index in [1.165, 1.54) is 24.6 Å². The highest BCUT2D eigenvalue weighted by molar-refractivity contribution is 7.13. The van der Waals surface area contributed by atoms with Gasteiger partial charge in [-0.05, 0) is 50.5 Å². The number of fused-ring (bicyclic) bond motifs is 2. The van der Waals surface area contributed by atoms with E-state index in [1.54, 1.807) is 29.8 Å². The minimum atomic E-state index is -0.440. The molecule has 5 rings (SSSR count). The van der Waals surface area contributed by atoms with E-state index in [0.29, 0.717) is 16.9 Å². The van der Waals surface area contributed by atoms with Crippen molar-refractivity contribution in [2.75, 3.05) is 30.4 Å². The Hall–Kier alpha value is -2.78. The lowest BCUT2D eigenvalue weighted by Crippen LogP contribution is -2.17. The predicted molar refractivity (Wildman–Crippen MR) is 114 cm³/mol. The number of nitrogens with one attached hydrogen (secondary N) is 1. The summed E-state index contributed by atoms with van der Waals surface area (Å²) in [4.78, 5) is 6.34. The van der Waals surface area contributed by atoms with Crippen LogP contribution in [0.15, 0.2) is 30.6 Å². The van der Waals surface area contributed by atoms with Gasteiger partial charge in [0, 0.05) is 37.2 Å². The van der Waals surface area contributed by atoms with Crippen LogP contribution in [0.1, 0.15) is 18.5 Å². The van der Waals surface area contributed by atoms with Crippen LogP contribution in [-0.4, -0.2) is 33.9 Å². The molecular weight excluding hydrogens is 394 g/mol. The van der Waals surface area contributed by atoms with Crippen LogP contribution in [0.2, 0.25) is 0 Å². The fraction of sp³-hybridized carbons (Fsp3) is 0.300. The minimum Gasteiger partial charge on any atom is -0.371 e. The molecule has 0 radical (unpaired) electrons. The minimum absolute atomic E-state index is 0.266. The normalized spacial score (nSPS) is 13.8. The van der Waals surface area contributed by atoms with Crippen LogP contribution in [0, 0.1) is 18.6 Å². The van der Waals surface area contributed by atoms with Crippen molar-refractivity contribution in [1.29, 1.82) is 0 Å². The Bertz CT molecular complexity index is 1160. The number of anilines is 3. The quantitative estimate of drug-likeness (QED) is 0.516. The first-order chi connectivity index (χ1) is 14.1. The molecule has 1 aliphatic rings. The number of aromatic nitrogens is 3. The summed E-state index contributed by atoms with van der Waals surface area (Å²) in [6.07, 6.45) is 5.74. The van der Waals surface area contributed by atoms with Gasteiger partial charge in [0.05, 0.1) is 21.5 Å². The zero-order valence-corrected chi connectivity index (χ0v) is 17.1. The summed E-state index contributed by atoms with van der Waals surface area (Å²) in [5, 5.41) is 3.49. The zero-order chi connectivity index (χ0) is 20.5. The van der Waals surface area contributed by atoms with Gasteiger partial charge in [0.1, 0.15) is 5.82 Å². The van der Waals surface area contributed by atoms with Crippen LogP contribution < -0.4 is 16.0 Å². The number of aryl methyl sites for hydroxylation is 1. The molecule has 6 nitrogen and oxygen atoms in total. The van der Waals surface area contributed by atoms with Crippen molar-refractivity contribution >= 4 is 44.5 Å². The van der Waals surface area contributed by atoms with Crippen molar-refractivity contribution in [2.24, 2.45) is 5.73 Å². The predicted octanol–water partition coefficient (Wildman–Crippen LogP) is 4.45. The molecular formula is C20H22F2N6S. The summed E-state index contributed by atoms with van der Waals surface area (Å²) >= 11 is 1.24. The molecule has 0 bridgehead atoms. The molecule has 1 aromatic carbocycles. The number of imidazole rings is 1. The first kappa shape index (κ1) is 19.5. The smallest absolute Gasteiger partial charge is 0.173 e. The molecule has 0 unspecified atom stereocenters. The summed E-state index contributed by atoms with van der Waals surface area (Å²) in [6, 6.07) is 4.90. The van der Waals surface area contributed by atoms with E-state index < -0.39 is 5.82 Å². The van der Waals surface area contributed by atoms with E-state index in [1.807, 2.05) is 6.07 Å². The van der Waals surface area contributed by atoms with Gasteiger partial charge in [0.25, 0.3) is 0 Å². The topological polar surface area (TPSA) is 71.5 Å². The number of rotatable bonds is 3. The molecule has 9 heteroatoms. The number of hydrogen-bond donors (Lipinski definition) is 2. The van der Waals surface area contributed by atoms with E-state index in [-0.39, 0.29) is 11.5 Å². The number of benzene rings is 1. The van der Waals surface area contributed by atoms with Gasteiger partial charge in [-0.25, -0.2) is 13.8 Å². The molecule has 0 saturated carbocycles. The molecule has 0 atom stereocenters. The molecule has 152 valence electrons. The Labute approximate surface area is 171 Å². The van der Waals surface area contributed by atoms with Crippen molar-refractivity contribution in [3.63, 3.8) is 0 Å². The van der Waals surface area contributed by atoms with E-state index in [4.69, 9.17) is 0 Å². The largest absolute Gasteiger partial charge is 0.371 e. The summed E-state index contributed by atoms with van der Waals surface area (Å²) in [5.74, 6) is -0.355. The van der Waals surface area contributed by atoms with Gasteiger partial charge < -0.3 is 20.4 Å². The Balaban J connectivity index is 0.000000994. The van der Waals surface area contributed by atoms with E-state index in [0.717, 1.165) is 42.0 Å². The number of hydrogen-bond acceptors (Lipinski definition) is 6. The number of pyridine rings is 1. The number of nitrogens with zero attached hydrogens (tertiary/aromatic N) is 4. The van der Waals surface area contributed by atoms with Gasteiger partial charge in [0.15, 0.2) is 17.3 Å². The van der Waals surface area contributed by atoms with Crippen LogP contribution in [0.5, 0.6) is 0 Å². The summed E-state index contributed by atoms with van der Waals surface area (Å²) < 4.78 is 35.9. The molecule has 1 saturated heterocycles. The van der Waals surface area contributed by atoms with E-state index in [2.05, 4.69) is 25.3 Å². The summed E-state index contributed by atoms with van der Waals surface area (Å²) in [7, 11) is 1.50. The second-order valence-corrected chi connectivity index (χ2v) is 7.65. The average Bonchev–Trinajstić information content (AvgIpc) is 3.43. The van der Waals surface area contributed by atoms with Crippen LogP contribution in [-0.2, 0) is 0 Å². The first-order valence-electron chi connectivity index (χ1n) is 9.42. The van der Waals surface area contributed by atoms with Crippen LogP contribution in [0.25, 0.3) is 15.7 Å². The SMILES string of the molecule is CN.Cc1cn2cc(Nc3nsc4cc(N5CCCC5)cc(F)c34)cc(F)c2n1. The fourth-order valence-corrected chi connectivity index (χ4v) is 4.42.